The van der Waals surface area contributed by atoms with Gasteiger partial charge in [0.2, 0.25) is 5.13 Å². The van der Waals surface area contributed by atoms with Crippen LogP contribution in [0.15, 0.2) is 59.7 Å². The van der Waals surface area contributed by atoms with Crippen molar-refractivity contribution < 1.29 is 9.59 Å². The maximum Gasteiger partial charge on any atom is 0.329 e. The van der Waals surface area contributed by atoms with Gasteiger partial charge in [-0.3, -0.25) is 14.9 Å². The second kappa shape index (κ2) is 8.87. The number of aromatic nitrogens is 2. The third-order valence-corrected chi connectivity index (χ3v) is 4.55. The smallest absolute Gasteiger partial charge is 0.329 e. The Morgan fingerprint density at radius 3 is 2.39 bits per heavy atom. The Hall–Kier alpha value is -3.59. The lowest BCUT2D eigenvalue weighted by atomic mass is 10.2. The second-order valence-corrected chi connectivity index (χ2v) is 6.90. The zero-order valence-electron chi connectivity index (χ0n) is 15.3. The van der Waals surface area contributed by atoms with Crippen LogP contribution in [0.5, 0.6) is 0 Å². The molecule has 0 aliphatic carbocycles. The summed E-state index contributed by atoms with van der Waals surface area (Å²) < 4.78 is 0. The van der Waals surface area contributed by atoms with Gasteiger partial charge in [-0.2, -0.15) is 5.10 Å². The predicted molar refractivity (Wildman–Crippen MR) is 110 cm³/mol. The first kappa shape index (κ1) is 19.2. The first-order valence-corrected chi connectivity index (χ1v) is 9.15. The van der Waals surface area contributed by atoms with Crippen molar-refractivity contribution in [3.05, 3.63) is 60.2 Å². The number of nitrogens with zero attached hydrogens (tertiary/aromatic N) is 4. The van der Waals surface area contributed by atoms with Crippen LogP contribution in [0.25, 0.3) is 10.6 Å². The molecule has 0 aliphatic heterocycles. The van der Waals surface area contributed by atoms with Gasteiger partial charge in [-0.15, -0.1) is 10.2 Å². The summed E-state index contributed by atoms with van der Waals surface area (Å²) in [5.41, 5.74) is 4.92. The van der Waals surface area contributed by atoms with E-state index in [0.29, 0.717) is 5.01 Å². The van der Waals surface area contributed by atoms with Crippen LogP contribution in [0, 0.1) is 0 Å². The molecular weight excluding hydrogens is 376 g/mol. The van der Waals surface area contributed by atoms with Gasteiger partial charge in [0.05, 0.1) is 6.21 Å². The molecule has 0 spiro atoms. The summed E-state index contributed by atoms with van der Waals surface area (Å²) >= 11 is 1.18. The Morgan fingerprint density at radius 2 is 1.71 bits per heavy atom. The molecule has 0 fully saturated rings. The molecule has 2 amide bonds. The molecule has 0 saturated carbocycles. The number of nitrogens with one attached hydrogen (secondary N) is 2. The van der Waals surface area contributed by atoms with E-state index in [2.05, 4.69) is 26.0 Å². The molecule has 0 unspecified atom stereocenters. The molecule has 3 aromatic rings. The Labute approximate surface area is 165 Å². The second-order valence-electron chi connectivity index (χ2n) is 5.92. The Kier molecular flexibility index (Phi) is 6.07. The monoisotopic (exact) mass is 394 g/mol. The highest BCUT2D eigenvalue weighted by Gasteiger charge is 2.16. The van der Waals surface area contributed by atoms with Gasteiger partial charge >= 0.3 is 11.8 Å². The van der Waals surface area contributed by atoms with Crippen LogP contribution in [0.3, 0.4) is 0 Å². The van der Waals surface area contributed by atoms with Crippen molar-refractivity contribution in [3.63, 3.8) is 0 Å². The van der Waals surface area contributed by atoms with Gasteiger partial charge in [0.25, 0.3) is 0 Å². The Balaban J connectivity index is 1.53. The van der Waals surface area contributed by atoms with Crippen LogP contribution in [0.1, 0.15) is 5.56 Å². The van der Waals surface area contributed by atoms with E-state index in [4.69, 9.17) is 0 Å². The summed E-state index contributed by atoms with van der Waals surface area (Å²) in [7, 11) is 3.89. The number of benzene rings is 2. The van der Waals surface area contributed by atoms with Crippen LogP contribution in [0.4, 0.5) is 10.8 Å². The highest BCUT2D eigenvalue weighted by molar-refractivity contribution is 7.18. The number of amides is 2. The zero-order valence-corrected chi connectivity index (χ0v) is 16.1. The van der Waals surface area contributed by atoms with Crippen LogP contribution in [0.2, 0.25) is 0 Å². The van der Waals surface area contributed by atoms with Gasteiger partial charge in [0.1, 0.15) is 5.01 Å². The lowest BCUT2D eigenvalue weighted by molar-refractivity contribution is -0.136. The lowest BCUT2D eigenvalue weighted by Crippen LogP contribution is -2.32. The topological polar surface area (TPSA) is 99.6 Å². The standard InChI is InChI=1S/C19H18N6O2S/c1-25(2)15-10-8-13(9-11-15)12-20-22-17(27)16(26)21-19-24-23-18(28-19)14-6-4-3-5-7-14/h3-12H,1-2H3,(H,22,27)(H,21,24,26)/b20-12-. The van der Waals surface area contributed by atoms with Gasteiger partial charge in [0, 0.05) is 25.3 Å². The quantitative estimate of drug-likeness (QED) is 0.393. The van der Waals surface area contributed by atoms with E-state index in [1.165, 1.54) is 17.6 Å². The fraction of sp³-hybridized carbons (Fsp3) is 0.105. The molecule has 1 heterocycles. The fourth-order valence-electron chi connectivity index (χ4n) is 2.20. The predicted octanol–water partition coefficient (Wildman–Crippen LogP) is 2.36. The van der Waals surface area contributed by atoms with Crippen molar-refractivity contribution in [2.45, 2.75) is 0 Å². The van der Waals surface area contributed by atoms with Crippen molar-refractivity contribution in [3.8, 4) is 10.6 Å². The van der Waals surface area contributed by atoms with E-state index >= 15 is 0 Å². The molecule has 0 atom stereocenters. The van der Waals surface area contributed by atoms with E-state index < -0.39 is 11.8 Å². The van der Waals surface area contributed by atoms with Gasteiger partial charge in [-0.1, -0.05) is 53.8 Å². The maximum absolute atomic E-state index is 12.0. The number of rotatable bonds is 5. The Bertz CT molecular complexity index is 983. The number of hydrogen-bond acceptors (Lipinski definition) is 7. The summed E-state index contributed by atoms with van der Waals surface area (Å²) in [5.74, 6) is -1.76. The van der Waals surface area contributed by atoms with Gasteiger partial charge in [0.15, 0.2) is 0 Å². The van der Waals surface area contributed by atoms with Crippen molar-refractivity contribution in [2.24, 2.45) is 5.10 Å². The summed E-state index contributed by atoms with van der Waals surface area (Å²) in [6, 6.07) is 17.0. The molecule has 0 bridgehead atoms. The highest BCUT2D eigenvalue weighted by atomic mass is 32.1. The van der Waals surface area contributed by atoms with E-state index in [1.807, 2.05) is 73.6 Å². The maximum atomic E-state index is 12.0. The van der Waals surface area contributed by atoms with E-state index in [1.54, 1.807) is 0 Å². The zero-order chi connectivity index (χ0) is 19.9. The summed E-state index contributed by atoms with van der Waals surface area (Å²) in [5, 5.41) is 15.0. The van der Waals surface area contributed by atoms with Crippen molar-refractivity contribution >= 4 is 40.2 Å². The van der Waals surface area contributed by atoms with Gasteiger partial charge in [-0.25, -0.2) is 5.43 Å². The van der Waals surface area contributed by atoms with Crippen LogP contribution >= 0.6 is 11.3 Å². The average molecular weight is 394 g/mol. The number of hydrogen-bond donors (Lipinski definition) is 2. The van der Waals surface area contributed by atoms with E-state index in [9.17, 15) is 9.59 Å². The van der Waals surface area contributed by atoms with Crippen LogP contribution in [-0.2, 0) is 9.59 Å². The summed E-state index contributed by atoms with van der Waals surface area (Å²) in [4.78, 5) is 25.8. The number of carbonyl (C=O) groups is 2. The fourth-order valence-corrected chi connectivity index (χ4v) is 2.94. The van der Waals surface area contributed by atoms with Gasteiger partial charge < -0.3 is 4.90 Å². The minimum absolute atomic E-state index is 0.238. The van der Waals surface area contributed by atoms with E-state index in [-0.39, 0.29) is 5.13 Å². The molecule has 8 nitrogen and oxygen atoms in total. The van der Waals surface area contributed by atoms with Gasteiger partial charge in [-0.05, 0) is 17.7 Å². The molecule has 0 radical (unpaired) electrons. The molecule has 1 aromatic heterocycles. The first-order valence-electron chi connectivity index (χ1n) is 8.33. The molecule has 28 heavy (non-hydrogen) atoms. The lowest BCUT2D eigenvalue weighted by Gasteiger charge is -2.11. The molecule has 0 saturated heterocycles. The molecule has 0 aliphatic rings. The third kappa shape index (κ3) is 4.98. The van der Waals surface area contributed by atoms with Crippen molar-refractivity contribution in [1.82, 2.24) is 15.6 Å². The molecular formula is C19H18N6O2S. The SMILES string of the molecule is CN(C)c1ccc(/C=N\NC(=O)C(=O)Nc2nnc(-c3ccccc3)s2)cc1. The first-order chi connectivity index (χ1) is 13.5. The number of carbonyl (C=O) groups excluding carboxylic acids is 2. The summed E-state index contributed by atoms with van der Waals surface area (Å²) in [6.07, 6.45) is 1.46. The highest BCUT2D eigenvalue weighted by Crippen LogP contribution is 2.25. The Morgan fingerprint density at radius 1 is 1.00 bits per heavy atom. The molecule has 9 heteroatoms. The van der Waals surface area contributed by atoms with Crippen LogP contribution in [-0.4, -0.2) is 42.3 Å². The van der Waals surface area contributed by atoms with Crippen molar-refractivity contribution in [2.75, 3.05) is 24.3 Å². The average Bonchev–Trinajstić information content (AvgIpc) is 3.17. The largest absolute Gasteiger partial charge is 0.378 e. The summed E-state index contributed by atoms with van der Waals surface area (Å²) in [6.45, 7) is 0. The molecule has 2 N–H and O–H groups in total. The minimum atomic E-state index is -0.891. The molecule has 2 aromatic carbocycles. The molecule has 142 valence electrons. The number of anilines is 2. The van der Waals surface area contributed by atoms with Crippen molar-refractivity contribution in [1.29, 1.82) is 0 Å². The number of hydrazone groups is 1. The van der Waals surface area contributed by atoms with E-state index in [0.717, 1.165) is 16.8 Å². The minimum Gasteiger partial charge on any atom is -0.378 e. The normalized spacial score (nSPS) is 10.6. The third-order valence-electron chi connectivity index (χ3n) is 3.66. The van der Waals surface area contributed by atoms with Crippen LogP contribution < -0.4 is 15.6 Å². The molecule has 3 rings (SSSR count).